The minimum Gasteiger partial charge on any atom is -0.314 e. The van der Waals surface area contributed by atoms with Gasteiger partial charge >= 0.3 is 0 Å². The lowest BCUT2D eigenvalue weighted by Crippen LogP contribution is -2.44. The van der Waals surface area contributed by atoms with Gasteiger partial charge in [-0.1, -0.05) is 37.3 Å². The van der Waals surface area contributed by atoms with Gasteiger partial charge in [0.15, 0.2) is 0 Å². The molecule has 1 N–H and O–H groups in total. The molecule has 0 saturated carbocycles. The molecule has 1 aliphatic rings. The predicted octanol–water partition coefficient (Wildman–Crippen LogP) is 3.29. The molecule has 0 amide bonds. The van der Waals surface area contributed by atoms with Gasteiger partial charge in [-0.15, -0.1) is 0 Å². The molecule has 1 heterocycles. The summed E-state index contributed by atoms with van der Waals surface area (Å²) in [6, 6.07) is 11.5. The van der Waals surface area contributed by atoms with Gasteiger partial charge in [0.25, 0.3) is 0 Å². The molecule has 0 radical (unpaired) electrons. The van der Waals surface area contributed by atoms with E-state index in [1.165, 1.54) is 37.9 Å². The van der Waals surface area contributed by atoms with Crippen molar-refractivity contribution in [1.82, 2.24) is 10.2 Å². The van der Waals surface area contributed by atoms with E-state index in [-0.39, 0.29) is 0 Å². The van der Waals surface area contributed by atoms with Crippen LogP contribution in [-0.2, 0) is 6.54 Å². The minimum absolute atomic E-state index is 0.651. The first-order chi connectivity index (χ1) is 9.29. The number of nitrogens with zero attached hydrogens (tertiary/aromatic N) is 1. The van der Waals surface area contributed by atoms with E-state index in [1.54, 1.807) is 0 Å². The third-order valence-electron chi connectivity index (χ3n) is 4.21. The Morgan fingerprint density at radius 3 is 2.84 bits per heavy atom. The Morgan fingerprint density at radius 1 is 1.32 bits per heavy atom. The fourth-order valence-electron chi connectivity index (χ4n) is 3.02. The lowest BCUT2D eigenvalue weighted by molar-refractivity contribution is 0.144. The predicted molar refractivity (Wildman–Crippen MR) is 82.2 cm³/mol. The summed E-state index contributed by atoms with van der Waals surface area (Å²) in [4.78, 5) is 2.62. The SMILES string of the molecule is CCCNC(C)C1CCCN(Cc2ccccc2)C1. The summed E-state index contributed by atoms with van der Waals surface area (Å²) in [6.45, 7) is 9.35. The van der Waals surface area contributed by atoms with Gasteiger partial charge in [0.05, 0.1) is 0 Å². The van der Waals surface area contributed by atoms with Crippen LogP contribution >= 0.6 is 0 Å². The Balaban J connectivity index is 1.83. The molecule has 1 aromatic carbocycles. The van der Waals surface area contributed by atoms with Crippen molar-refractivity contribution in [3.8, 4) is 0 Å². The molecule has 1 aromatic rings. The molecular formula is C17H28N2. The van der Waals surface area contributed by atoms with Crippen molar-refractivity contribution in [2.24, 2.45) is 5.92 Å². The molecule has 1 aliphatic heterocycles. The highest BCUT2D eigenvalue weighted by molar-refractivity contribution is 5.14. The highest BCUT2D eigenvalue weighted by Crippen LogP contribution is 2.21. The first-order valence-electron chi connectivity index (χ1n) is 7.79. The maximum Gasteiger partial charge on any atom is 0.0233 e. The maximum atomic E-state index is 3.66. The zero-order chi connectivity index (χ0) is 13.5. The Bertz CT molecular complexity index is 350. The highest BCUT2D eigenvalue weighted by Gasteiger charge is 2.24. The molecule has 0 aromatic heterocycles. The van der Waals surface area contributed by atoms with Crippen LogP contribution in [0.15, 0.2) is 30.3 Å². The summed E-state index contributed by atoms with van der Waals surface area (Å²) in [7, 11) is 0. The number of piperidine rings is 1. The Morgan fingerprint density at radius 2 is 2.11 bits per heavy atom. The number of likely N-dealkylation sites (tertiary alicyclic amines) is 1. The second-order valence-electron chi connectivity index (χ2n) is 5.87. The fraction of sp³-hybridized carbons (Fsp3) is 0.647. The fourth-order valence-corrected chi connectivity index (χ4v) is 3.02. The minimum atomic E-state index is 0.651. The van der Waals surface area contributed by atoms with Crippen LogP contribution in [0.3, 0.4) is 0 Å². The number of rotatable bonds is 6. The van der Waals surface area contributed by atoms with E-state index >= 15 is 0 Å². The zero-order valence-corrected chi connectivity index (χ0v) is 12.4. The third kappa shape index (κ3) is 4.63. The standard InChI is InChI=1S/C17H28N2/c1-3-11-18-15(2)17-10-7-12-19(14-17)13-16-8-5-4-6-9-16/h4-6,8-9,15,17-18H,3,7,10-14H2,1-2H3. The van der Waals surface area contributed by atoms with Crippen LogP contribution in [0.2, 0.25) is 0 Å². The molecule has 0 spiro atoms. The first kappa shape index (κ1) is 14.5. The summed E-state index contributed by atoms with van der Waals surface area (Å²) in [6.07, 6.45) is 3.95. The van der Waals surface area contributed by atoms with Crippen molar-refractivity contribution in [3.63, 3.8) is 0 Å². The van der Waals surface area contributed by atoms with Gasteiger partial charge in [0.2, 0.25) is 0 Å². The number of nitrogens with one attached hydrogen (secondary N) is 1. The van der Waals surface area contributed by atoms with Gasteiger partial charge in [0, 0.05) is 19.1 Å². The van der Waals surface area contributed by atoms with Crippen LogP contribution in [0.25, 0.3) is 0 Å². The first-order valence-corrected chi connectivity index (χ1v) is 7.79. The molecule has 2 heteroatoms. The van der Waals surface area contributed by atoms with Gasteiger partial charge in [-0.3, -0.25) is 4.90 Å². The monoisotopic (exact) mass is 260 g/mol. The molecule has 0 bridgehead atoms. The molecule has 1 fully saturated rings. The van der Waals surface area contributed by atoms with Crippen molar-refractivity contribution in [3.05, 3.63) is 35.9 Å². The van der Waals surface area contributed by atoms with Gasteiger partial charge in [-0.05, 0) is 50.8 Å². The number of hydrogen-bond acceptors (Lipinski definition) is 2. The van der Waals surface area contributed by atoms with Crippen LogP contribution in [0.4, 0.5) is 0 Å². The lowest BCUT2D eigenvalue weighted by Gasteiger charge is -2.36. The molecule has 19 heavy (non-hydrogen) atoms. The van der Waals surface area contributed by atoms with Crippen molar-refractivity contribution >= 4 is 0 Å². The average molecular weight is 260 g/mol. The van der Waals surface area contributed by atoms with E-state index in [0.29, 0.717) is 6.04 Å². The van der Waals surface area contributed by atoms with Crippen LogP contribution in [0.5, 0.6) is 0 Å². The largest absolute Gasteiger partial charge is 0.314 e. The van der Waals surface area contributed by atoms with Gasteiger partial charge < -0.3 is 5.32 Å². The Hall–Kier alpha value is -0.860. The van der Waals surface area contributed by atoms with E-state index in [0.717, 1.165) is 19.0 Å². The molecule has 0 aliphatic carbocycles. The quantitative estimate of drug-likeness (QED) is 0.844. The number of benzene rings is 1. The van der Waals surface area contributed by atoms with E-state index < -0.39 is 0 Å². The third-order valence-corrected chi connectivity index (χ3v) is 4.21. The van der Waals surface area contributed by atoms with Crippen molar-refractivity contribution < 1.29 is 0 Å². The normalized spacial score (nSPS) is 22.3. The van der Waals surface area contributed by atoms with Crippen LogP contribution in [0.1, 0.15) is 38.7 Å². The van der Waals surface area contributed by atoms with Crippen molar-refractivity contribution in [1.29, 1.82) is 0 Å². The maximum absolute atomic E-state index is 3.66. The molecule has 2 atom stereocenters. The lowest BCUT2D eigenvalue weighted by atomic mass is 9.91. The highest BCUT2D eigenvalue weighted by atomic mass is 15.1. The van der Waals surface area contributed by atoms with E-state index in [4.69, 9.17) is 0 Å². The molecule has 106 valence electrons. The smallest absolute Gasteiger partial charge is 0.0233 e. The van der Waals surface area contributed by atoms with E-state index in [1.807, 2.05) is 0 Å². The van der Waals surface area contributed by atoms with Gasteiger partial charge in [0.1, 0.15) is 0 Å². The molecule has 2 rings (SSSR count). The van der Waals surface area contributed by atoms with E-state index in [2.05, 4.69) is 54.4 Å². The van der Waals surface area contributed by atoms with Crippen molar-refractivity contribution in [2.75, 3.05) is 19.6 Å². The zero-order valence-electron chi connectivity index (χ0n) is 12.4. The second kappa shape index (κ2) is 7.66. The summed E-state index contributed by atoms with van der Waals surface area (Å²) >= 11 is 0. The number of hydrogen-bond donors (Lipinski definition) is 1. The van der Waals surface area contributed by atoms with Crippen LogP contribution in [-0.4, -0.2) is 30.6 Å². The van der Waals surface area contributed by atoms with Crippen LogP contribution in [0, 0.1) is 5.92 Å². The summed E-state index contributed by atoms with van der Waals surface area (Å²) in [5.74, 6) is 0.809. The Kier molecular flexibility index (Phi) is 5.87. The summed E-state index contributed by atoms with van der Waals surface area (Å²) in [5.41, 5.74) is 1.44. The van der Waals surface area contributed by atoms with Crippen LogP contribution < -0.4 is 5.32 Å². The van der Waals surface area contributed by atoms with Gasteiger partial charge in [-0.2, -0.15) is 0 Å². The molecule has 1 saturated heterocycles. The summed E-state index contributed by atoms with van der Waals surface area (Å²) < 4.78 is 0. The van der Waals surface area contributed by atoms with Gasteiger partial charge in [-0.25, -0.2) is 0 Å². The molecular weight excluding hydrogens is 232 g/mol. The topological polar surface area (TPSA) is 15.3 Å². The molecule has 2 nitrogen and oxygen atoms in total. The summed E-state index contributed by atoms with van der Waals surface area (Å²) in [5, 5.41) is 3.66. The Labute approximate surface area is 118 Å². The molecule has 2 unspecified atom stereocenters. The van der Waals surface area contributed by atoms with E-state index in [9.17, 15) is 0 Å². The van der Waals surface area contributed by atoms with Crippen molar-refractivity contribution in [2.45, 2.75) is 45.7 Å². The average Bonchev–Trinajstić information content (AvgIpc) is 2.46. The second-order valence-corrected chi connectivity index (χ2v) is 5.87.